The van der Waals surface area contributed by atoms with Gasteiger partial charge in [-0.2, -0.15) is 0 Å². The van der Waals surface area contributed by atoms with Gasteiger partial charge in [0.15, 0.2) is 6.29 Å². The molecule has 104 valence electrons. The Morgan fingerprint density at radius 2 is 2.32 bits per heavy atom. The molecule has 0 radical (unpaired) electrons. The van der Waals surface area contributed by atoms with Gasteiger partial charge in [0.05, 0.1) is 0 Å². The molecule has 0 saturated carbocycles. The topological polar surface area (TPSA) is 75.6 Å². The highest BCUT2D eigenvalue weighted by Crippen LogP contribution is 2.03. The van der Waals surface area contributed by atoms with Crippen LogP contribution in [0.3, 0.4) is 0 Å². The Kier molecular flexibility index (Phi) is 6.78. The number of ether oxygens (including phenoxy) is 1. The van der Waals surface area contributed by atoms with E-state index in [1.165, 1.54) is 6.07 Å². The van der Waals surface area contributed by atoms with Crippen molar-refractivity contribution in [3.8, 4) is 0 Å². The van der Waals surface area contributed by atoms with Crippen LogP contribution in [0.5, 0.6) is 0 Å². The van der Waals surface area contributed by atoms with Crippen molar-refractivity contribution in [1.29, 1.82) is 0 Å². The fourth-order valence-electron chi connectivity index (χ4n) is 1.61. The predicted molar refractivity (Wildman–Crippen MR) is 71.0 cm³/mol. The molecule has 0 spiro atoms. The van der Waals surface area contributed by atoms with Crippen LogP contribution in [0.2, 0.25) is 0 Å². The summed E-state index contributed by atoms with van der Waals surface area (Å²) in [5.41, 5.74) is 0.925. The highest BCUT2D eigenvalue weighted by molar-refractivity contribution is 5.95. The first kappa shape index (κ1) is 15.3. The molecule has 0 aliphatic heterocycles. The number of rotatable bonds is 8. The average molecular weight is 265 g/mol. The summed E-state index contributed by atoms with van der Waals surface area (Å²) in [6, 6.07) is 6.49. The van der Waals surface area contributed by atoms with Crippen molar-refractivity contribution in [3.05, 3.63) is 35.4 Å². The summed E-state index contributed by atoms with van der Waals surface area (Å²) >= 11 is 0. The standard InChI is InChI=1S/C14H19NO4/c1-2-19-13(17)7-4-8-15-14(18)12-6-3-5-11(9-12)10-16/h3,5-6,9-10,13,17H,2,4,7-8H2,1H3,(H,15,18). The summed E-state index contributed by atoms with van der Waals surface area (Å²) in [6.45, 7) is 2.73. The van der Waals surface area contributed by atoms with Crippen LogP contribution >= 0.6 is 0 Å². The zero-order chi connectivity index (χ0) is 14.1. The molecule has 0 heterocycles. The van der Waals surface area contributed by atoms with Gasteiger partial charge in [-0.3, -0.25) is 9.59 Å². The molecule has 5 nitrogen and oxygen atoms in total. The number of aldehydes is 1. The van der Waals surface area contributed by atoms with Crippen LogP contribution in [0, 0.1) is 0 Å². The van der Waals surface area contributed by atoms with Crippen molar-refractivity contribution >= 4 is 12.2 Å². The number of amides is 1. The minimum Gasteiger partial charge on any atom is -0.368 e. The summed E-state index contributed by atoms with van der Waals surface area (Å²) in [7, 11) is 0. The van der Waals surface area contributed by atoms with E-state index in [0.717, 1.165) is 0 Å². The Hall–Kier alpha value is -1.72. The van der Waals surface area contributed by atoms with E-state index in [2.05, 4.69) is 5.32 Å². The van der Waals surface area contributed by atoms with E-state index in [1.807, 2.05) is 6.92 Å². The van der Waals surface area contributed by atoms with Gasteiger partial charge in [-0.15, -0.1) is 0 Å². The highest BCUT2D eigenvalue weighted by Gasteiger charge is 2.06. The van der Waals surface area contributed by atoms with Crippen LogP contribution in [0.15, 0.2) is 24.3 Å². The summed E-state index contributed by atoms with van der Waals surface area (Å²) in [6.07, 6.45) is 1.03. The maximum absolute atomic E-state index is 11.8. The molecular weight excluding hydrogens is 246 g/mol. The second-order valence-corrected chi connectivity index (χ2v) is 4.05. The van der Waals surface area contributed by atoms with Gasteiger partial charge in [-0.25, -0.2) is 0 Å². The zero-order valence-electron chi connectivity index (χ0n) is 11.0. The molecule has 0 aliphatic carbocycles. The normalized spacial score (nSPS) is 11.9. The lowest BCUT2D eigenvalue weighted by molar-refractivity contribution is -0.0989. The third-order valence-electron chi connectivity index (χ3n) is 2.56. The van der Waals surface area contributed by atoms with Gasteiger partial charge in [0.2, 0.25) is 0 Å². The Balaban J connectivity index is 2.33. The van der Waals surface area contributed by atoms with Gasteiger partial charge in [0, 0.05) is 24.3 Å². The van der Waals surface area contributed by atoms with Crippen LogP contribution in [0.25, 0.3) is 0 Å². The number of carbonyl (C=O) groups is 2. The van der Waals surface area contributed by atoms with Crippen LogP contribution < -0.4 is 5.32 Å². The van der Waals surface area contributed by atoms with E-state index in [1.54, 1.807) is 18.2 Å². The second kappa shape index (κ2) is 8.39. The lowest BCUT2D eigenvalue weighted by Crippen LogP contribution is -2.25. The number of aliphatic hydroxyl groups is 1. The van der Waals surface area contributed by atoms with Gasteiger partial charge >= 0.3 is 0 Å². The molecule has 1 atom stereocenters. The van der Waals surface area contributed by atoms with Crippen molar-refractivity contribution < 1.29 is 19.4 Å². The first-order valence-corrected chi connectivity index (χ1v) is 6.30. The molecule has 0 bridgehead atoms. The van der Waals surface area contributed by atoms with Crippen molar-refractivity contribution in [3.63, 3.8) is 0 Å². The molecule has 2 N–H and O–H groups in total. The maximum Gasteiger partial charge on any atom is 0.251 e. The van der Waals surface area contributed by atoms with Gasteiger partial charge in [-0.05, 0) is 31.9 Å². The SMILES string of the molecule is CCOC(O)CCCNC(=O)c1cccc(C=O)c1. The first-order valence-electron chi connectivity index (χ1n) is 6.30. The summed E-state index contributed by atoms with van der Waals surface area (Å²) in [5, 5.41) is 12.1. The van der Waals surface area contributed by atoms with Crippen LogP contribution in [-0.2, 0) is 4.74 Å². The molecule has 1 unspecified atom stereocenters. The minimum absolute atomic E-state index is 0.227. The van der Waals surface area contributed by atoms with Crippen LogP contribution in [-0.4, -0.2) is 36.7 Å². The Bertz CT molecular complexity index is 420. The smallest absolute Gasteiger partial charge is 0.251 e. The monoisotopic (exact) mass is 265 g/mol. The van der Waals surface area contributed by atoms with E-state index >= 15 is 0 Å². The quantitative estimate of drug-likeness (QED) is 0.423. The lowest BCUT2D eigenvalue weighted by atomic mass is 10.1. The fourth-order valence-corrected chi connectivity index (χ4v) is 1.61. The minimum atomic E-state index is -0.778. The number of hydrogen-bond donors (Lipinski definition) is 2. The third kappa shape index (κ3) is 5.63. The molecule has 0 saturated heterocycles. The zero-order valence-corrected chi connectivity index (χ0v) is 11.0. The van der Waals surface area contributed by atoms with Gasteiger partial charge in [0.25, 0.3) is 5.91 Å². The van der Waals surface area contributed by atoms with E-state index in [-0.39, 0.29) is 5.91 Å². The number of benzene rings is 1. The Morgan fingerprint density at radius 1 is 1.53 bits per heavy atom. The molecule has 0 fully saturated rings. The number of hydrogen-bond acceptors (Lipinski definition) is 4. The molecule has 1 rings (SSSR count). The van der Waals surface area contributed by atoms with Crippen LogP contribution in [0.1, 0.15) is 40.5 Å². The predicted octanol–water partition coefficient (Wildman–Crippen LogP) is 1.36. The maximum atomic E-state index is 11.8. The van der Waals surface area contributed by atoms with Crippen molar-refractivity contribution in [2.45, 2.75) is 26.1 Å². The van der Waals surface area contributed by atoms with E-state index in [0.29, 0.717) is 43.4 Å². The first-order chi connectivity index (χ1) is 9.17. The average Bonchev–Trinajstić information content (AvgIpc) is 2.43. The van der Waals surface area contributed by atoms with E-state index in [4.69, 9.17) is 4.74 Å². The molecule has 1 aromatic carbocycles. The molecule has 5 heteroatoms. The van der Waals surface area contributed by atoms with Gasteiger partial charge in [0.1, 0.15) is 6.29 Å². The van der Waals surface area contributed by atoms with Crippen molar-refractivity contribution in [2.24, 2.45) is 0 Å². The largest absolute Gasteiger partial charge is 0.368 e. The number of aliphatic hydroxyl groups excluding tert-OH is 1. The van der Waals surface area contributed by atoms with E-state index < -0.39 is 6.29 Å². The summed E-state index contributed by atoms with van der Waals surface area (Å²) in [5.74, 6) is -0.227. The Morgan fingerprint density at radius 3 is 3.00 bits per heavy atom. The molecule has 0 aliphatic rings. The molecule has 1 amide bonds. The molecule has 1 aromatic rings. The summed E-state index contributed by atoms with van der Waals surface area (Å²) in [4.78, 5) is 22.4. The number of carbonyl (C=O) groups excluding carboxylic acids is 2. The van der Waals surface area contributed by atoms with E-state index in [9.17, 15) is 14.7 Å². The van der Waals surface area contributed by atoms with Crippen LogP contribution in [0.4, 0.5) is 0 Å². The summed E-state index contributed by atoms with van der Waals surface area (Å²) < 4.78 is 4.97. The molecule has 19 heavy (non-hydrogen) atoms. The van der Waals surface area contributed by atoms with Gasteiger partial charge < -0.3 is 15.2 Å². The van der Waals surface area contributed by atoms with Gasteiger partial charge in [-0.1, -0.05) is 12.1 Å². The molecule has 0 aromatic heterocycles. The second-order valence-electron chi connectivity index (χ2n) is 4.05. The third-order valence-corrected chi connectivity index (χ3v) is 2.56. The lowest BCUT2D eigenvalue weighted by Gasteiger charge is -2.10. The highest BCUT2D eigenvalue weighted by atomic mass is 16.6. The van der Waals surface area contributed by atoms with Crippen molar-refractivity contribution in [2.75, 3.05) is 13.2 Å². The molecular formula is C14H19NO4. The Labute approximate surface area is 112 Å². The fraction of sp³-hybridized carbons (Fsp3) is 0.429. The number of nitrogens with one attached hydrogen (secondary N) is 1. The van der Waals surface area contributed by atoms with Crippen molar-refractivity contribution in [1.82, 2.24) is 5.32 Å².